The number of amides is 1. The van der Waals surface area contributed by atoms with Gasteiger partial charge in [-0.15, -0.1) is 0 Å². The smallest absolute Gasteiger partial charge is 0.306 e. The van der Waals surface area contributed by atoms with Crippen LogP contribution >= 0.6 is 0 Å². The molecule has 7 nitrogen and oxygen atoms in total. The third kappa shape index (κ3) is 3.81. The van der Waals surface area contributed by atoms with Crippen molar-refractivity contribution in [2.24, 2.45) is 0 Å². The molecule has 7 heteroatoms. The molecule has 0 N–H and O–H groups in total. The highest BCUT2D eigenvalue weighted by Gasteiger charge is 2.31. The number of aromatic nitrogens is 3. The van der Waals surface area contributed by atoms with E-state index in [9.17, 15) is 9.59 Å². The van der Waals surface area contributed by atoms with Gasteiger partial charge in [0.05, 0.1) is 37.5 Å². The van der Waals surface area contributed by atoms with Crippen molar-refractivity contribution in [1.82, 2.24) is 19.2 Å². The van der Waals surface area contributed by atoms with Crippen LogP contribution in [0.15, 0.2) is 48.8 Å². The molecule has 1 amide bonds. The van der Waals surface area contributed by atoms with Gasteiger partial charge in [-0.3, -0.25) is 9.59 Å². The van der Waals surface area contributed by atoms with Gasteiger partial charge in [-0.1, -0.05) is 12.1 Å². The number of benzene rings is 1. The van der Waals surface area contributed by atoms with E-state index in [0.717, 1.165) is 28.3 Å². The highest BCUT2D eigenvalue weighted by Crippen LogP contribution is 2.31. The summed E-state index contributed by atoms with van der Waals surface area (Å²) in [6.07, 6.45) is 4.22. The molecular weight excluding hydrogens is 368 g/mol. The van der Waals surface area contributed by atoms with Crippen LogP contribution in [0.5, 0.6) is 0 Å². The molecule has 3 aromatic rings. The summed E-state index contributed by atoms with van der Waals surface area (Å²) in [7, 11) is 0. The number of hydrogen-bond donors (Lipinski definition) is 0. The SMILES string of the molecule is CCOC(=O)CCC(=O)N1Cc2nn(-c3cccc(C)c3)c(-n3cccc3)c2C1. The Bertz CT molecular complexity index is 1040. The third-order valence-electron chi connectivity index (χ3n) is 5.03. The van der Waals surface area contributed by atoms with Crippen LogP contribution in [0.1, 0.15) is 36.6 Å². The van der Waals surface area contributed by atoms with Crippen LogP contribution in [0.4, 0.5) is 0 Å². The van der Waals surface area contributed by atoms with E-state index in [0.29, 0.717) is 19.7 Å². The minimum absolute atomic E-state index is 0.0587. The molecule has 0 atom stereocenters. The first kappa shape index (κ1) is 19.0. The molecule has 29 heavy (non-hydrogen) atoms. The van der Waals surface area contributed by atoms with Gasteiger partial charge in [0.25, 0.3) is 0 Å². The molecule has 0 saturated carbocycles. The first-order valence-electron chi connectivity index (χ1n) is 9.81. The fourth-order valence-electron chi connectivity index (χ4n) is 3.66. The highest BCUT2D eigenvalue weighted by molar-refractivity contribution is 5.82. The molecule has 1 aliphatic rings. The Balaban J connectivity index is 1.60. The van der Waals surface area contributed by atoms with Crippen LogP contribution in [-0.2, 0) is 27.4 Å². The molecule has 0 fully saturated rings. The number of fused-ring (bicyclic) bond motifs is 1. The lowest BCUT2D eigenvalue weighted by Gasteiger charge is -2.17. The number of esters is 1. The van der Waals surface area contributed by atoms with Gasteiger partial charge in [-0.25, -0.2) is 4.68 Å². The molecule has 150 valence electrons. The number of carbonyl (C=O) groups excluding carboxylic acids is 2. The van der Waals surface area contributed by atoms with E-state index in [2.05, 4.69) is 19.1 Å². The van der Waals surface area contributed by atoms with E-state index in [1.165, 1.54) is 0 Å². The Morgan fingerprint density at radius 1 is 1.10 bits per heavy atom. The summed E-state index contributed by atoms with van der Waals surface area (Å²) in [5.74, 6) is 0.545. The van der Waals surface area contributed by atoms with Crippen molar-refractivity contribution in [3.8, 4) is 11.5 Å². The van der Waals surface area contributed by atoms with Crippen molar-refractivity contribution in [2.75, 3.05) is 6.61 Å². The van der Waals surface area contributed by atoms with Crippen LogP contribution in [0.2, 0.25) is 0 Å². The summed E-state index contributed by atoms with van der Waals surface area (Å²) in [5, 5.41) is 4.83. The maximum absolute atomic E-state index is 12.6. The molecule has 2 aromatic heterocycles. The normalized spacial score (nSPS) is 12.8. The fourth-order valence-corrected chi connectivity index (χ4v) is 3.66. The van der Waals surface area contributed by atoms with Gasteiger partial charge in [0.1, 0.15) is 5.82 Å². The van der Waals surface area contributed by atoms with Crippen molar-refractivity contribution in [3.63, 3.8) is 0 Å². The molecule has 0 spiro atoms. The van der Waals surface area contributed by atoms with Crippen LogP contribution in [-0.4, -0.2) is 37.7 Å². The Morgan fingerprint density at radius 3 is 2.62 bits per heavy atom. The summed E-state index contributed by atoms with van der Waals surface area (Å²) >= 11 is 0. The summed E-state index contributed by atoms with van der Waals surface area (Å²) in [6.45, 7) is 5.07. The predicted octanol–water partition coefficient (Wildman–Crippen LogP) is 3.16. The number of ether oxygens (including phenoxy) is 1. The number of carbonyl (C=O) groups is 2. The molecule has 1 aliphatic heterocycles. The highest BCUT2D eigenvalue weighted by atomic mass is 16.5. The van der Waals surface area contributed by atoms with Gasteiger partial charge in [-0.2, -0.15) is 5.10 Å². The number of aryl methyl sites for hydroxylation is 1. The predicted molar refractivity (Wildman–Crippen MR) is 108 cm³/mol. The Kier molecular flexibility index (Phi) is 5.20. The van der Waals surface area contributed by atoms with Crippen molar-refractivity contribution in [3.05, 3.63) is 65.6 Å². The zero-order chi connectivity index (χ0) is 20.4. The minimum Gasteiger partial charge on any atom is -0.466 e. The van der Waals surface area contributed by atoms with Crippen LogP contribution in [0, 0.1) is 6.92 Å². The van der Waals surface area contributed by atoms with Crippen molar-refractivity contribution >= 4 is 11.9 Å². The molecule has 0 unspecified atom stereocenters. The van der Waals surface area contributed by atoms with Crippen molar-refractivity contribution < 1.29 is 14.3 Å². The zero-order valence-corrected chi connectivity index (χ0v) is 16.7. The van der Waals surface area contributed by atoms with E-state index >= 15 is 0 Å². The first-order chi connectivity index (χ1) is 14.1. The molecule has 0 saturated heterocycles. The maximum Gasteiger partial charge on any atom is 0.306 e. The second-order valence-corrected chi connectivity index (χ2v) is 7.14. The average molecular weight is 392 g/mol. The van der Waals surface area contributed by atoms with Gasteiger partial charge in [0.15, 0.2) is 0 Å². The fraction of sp³-hybridized carbons (Fsp3) is 0.318. The lowest BCUT2D eigenvalue weighted by atomic mass is 10.2. The van der Waals surface area contributed by atoms with E-state index in [1.807, 2.05) is 45.9 Å². The summed E-state index contributed by atoms with van der Waals surface area (Å²) in [4.78, 5) is 25.9. The van der Waals surface area contributed by atoms with Gasteiger partial charge < -0.3 is 14.2 Å². The molecule has 0 aliphatic carbocycles. The Labute approximate surface area is 169 Å². The lowest BCUT2D eigenvalue weighted by Crippen LogP contribution is -2.27. The summed E-state index contributed by atoms with van der Waals surface area (Å²) < 4.78 is 8.89. The zero-order valence-electron chi connectivity index (χ0n) is 16.7. The molecule has 4 rings (SSSR count). The average Bonchev–Trinajstić information content (AvgIpc) is 3.42. The van der Waals surface area contributed by atoms with Crippen LogP contribution in [0.25, 0.3) is 11.5 Å². The summed E-state index contributed by atoms with van der Waals surface area (Å²) in [5.41, 5.74) is 4.07. The molecule has 1 aromatic carbocycles. The topological polar surface area (TPSA) is 69.4 Å². The van der Waals surface area contributed by atoms with Crippen molar-refractivity contribution in [2.45, 2.75) is 39.8 Å². The first-order valence-corrected chi connectivity index (χ1v) is 9.81. The van der Waals surface area contributed by atoms with Crippen molar-refractivity contribution in [1.29, 1.82) is 0 Å². The standard InChI is InChI=1S/C22H24N4O3/c1-3-29-21(28)10-9-20(27)25-14-18-19(15-25)23-26(17-8-6-7-16(2)13-17)22(18)24-11-4-5-12-24/h4-8,11-13H,3,9-10,14-15H2,1-2H3. The second kappa shape index (κ2) is 7.95. The van der Waals surface area contributed by atoms with Gasteiger partial charge >= 0.3 is 5.97 Å². The molecular formula is C22H24N4O3. The van der Waals surface area contributed by atoms with E-state index in [-0.39, 0.29) is 24.7 Å². The maximum atomic E-state index is 12.6. The lowest BCUT2D eigenvalue weighted by molar-refractivity contribution is -0.145. The van der Waals surface area contributed by atoms with E-state index in [4.69, 9.17) is 9.84 Å². The Morgan fingerprint density at radius 2 is 1.90 bits per heavy atom. The molecule has 0 bridgehead atoms. The second-order valence-electron chi connectivity index (χ2n) is 7.14. The summed E-state index contributed by atoms with van der Waals surface area (Å²) in [6, 6.07) is 12.1. The van der Waals surface area contributed by atoms with Gasteiger partial charge in [0.2, 0.25) is 5.91 Å². The number of rotatable bonds is 6. The minimum atomic E-state index is -0.338. The van der Waals surface area contributed by atoms with Crippen LogP contribution in [0.3, 0.4) is 0 Å². The van der Waals surface area contributed by atoms with E-state index in [1.54, 1.807) is 11.8 Å². The van der Waals surface area contributed by atoms with Gasteiger partial charge in [-0.05, 0) is 43.7 Å². The molecule has 0 radical (unpaired) electrons. The van der Waals surface area contributed by atoms with E-state index < -0.39 is 0 Å². The molecule has 3 heterocycles. The number of nitrogens with zero attached hydrogens (tertiary/aromatic N) is 4. The quantitative estimate of drug-likeness (QED) is 0.604. The number of hydrogen-bond acceptors (Lipinski definition) is 4. The largest absolute Gasteiger partial charge is 0.466 e. The van der Waals surface area contributed by atoms with Gasteiger partial charge in [0, 0.05) is 24.4 Å². The van der Waals surface area contributed by atoms with Crippen LogP contribution < -0.4 is 0 Å². The Hall–Kier alpha value is -3.35. The third-order valence-corrected chi connectivity index (χ3v) is 5.03. The monoisotopic (exact) mass is 392 g/mol.